The van der Waals surface area contributed by atoms with E-state index < -0.39 is 0 Å². The van der Waals surface area contributed by atoms with Gasteiger partial charge in [-0.25, -0.2) is 0 Å². The molecule has 1 aliphatic rings. The molecule has 1 fully saturated rings. The van der Waals surface area contributed by atoms with E-state index in [0.29, 0.717) is 32.5 Å². The maximum absolute atomic E-state index is 5.81. The molecule has 1 heterocycles. The molecule has 0 amide bonds. The summed E-state index contributed by atoms with van der Waals surface area (Å²) in [5.41, 5.74) is 1.12. The molecule has 0 saturated heterocycles. The summed E-state index contributed by atoms with van der Waals surface area (Å²) in [5, 5.41) is 3.48. The Bertz CT molecular complexity index is 383. The third-order valence-corrected chi connectivity index (χ3v) is 3.14. The Kier molecular flexibility index (Phi) is 6.77. The molecule has 1 N–H and O–H groups in total. The number of hydrogen-bond acceptors (Lipinski definition) is 5. The van der Waals surface area contributed by atoms with Crippen LogP contribution in [0.5, 0.6) is 5.75 Å². The lowest BCUT2D eigenvalue weighted by molar-refractivity contribution is 0.0644. The second-order valence-electron chi connectivity index (χ2n) is 4.95. The van der Waals surface area contributed by atoms with Crippen LogP contribution >= 0.6 is 0 Å². The number of nitrogens with one attached hydrogen (secondary N) is 1. The van der Waals surface area contributed by atoms with Gasteiger partial charge in [-0.2, -0.15) is 0 Å². The molecule has 5 nitrogen and oxygen atoms in total. The Balaban J connectivity index is 1.63. The molecule has 1 saturated carbocycles. The van der Waals surface area contributed by atoms with Gasteiger partial charge in [0.2, 0.25) is 0 Å². The number of aromatic nitrogens is 1. The van der Waals surface area contributed by atoms with Crippen LogP contribution < -0.4 is 10.1 Å². The van der Waals surface area contributed by atoms with Gasteiger partial charge in [0.15, 0.2) is 0 Å². The van der Waals surface area contributed by atoms with Crippen molar-refractivity contribution in [2.24, 2.45) is 0 Å². The van der Waals surface area contributed by atoms with Crippen LogP contribution in [0.25, 0.3) is 0 Å². The van der Waals surface area contributed by atoms with Gasteiger partial charge in [-0.15, -0.1) is 0 Å². The van der Waals surface area contributed by atoms with E-state index in [1.54, 1.807) is 13.3 Å². The lowest BCUT2D eigenvalue weighted by atomic mass is 10.2. The zero-order valence-electron chi connectivity index (χ0n) is 12.1. The van der Waals surface area contributed by atoms with E-state index in [1.807, 2.05) is 12.3 Å². The van der Waals surface area contributed by atoms with Gasteiger partial charge >= 0.3 is 0 Å². The summed E-state index contributed by atoms with van der Waals surface area (Å²) in [7, 11) is 1.67. The molecule has 1 aromatic rings. The molecule has 0 spiro atoms. The number of rotatable bonds is 11. The largest absolute Gasteiger partial charge is 0.493 e. The van der Waals surface area contributed by atoms with Crippen LogP contribution in [0, 0.1) is 0 Å². The van der Waals surface area contributed by atoms with Gasteiger partial charge in [-0.05, 0) is 18.9 Å². The summed E-state index contributed by atoms with van der Waals surface area (Å²) >= 11 is 0. The number of hydrogen-bond donors (Lipinski definition) is 1. The fraction of sp³-hybridized carbons (Fsp3) is 0.667. The molecule has 0 atom stereocenters. The Labute approximate surface area is 120 Å². The van der Waals surface area contributed by atoms with Gasteiger partial charge in [0.25, 0.3) is 0 Å². The maximum atomic E-state index is 5.81. The highest BCUT2D eigenvalue weighted by Crippen LogP contribution is 2.22. The minimum atomic E-state index is 0.641. The van der Waals surface area contributed by atoms with Crippen LogP contribution in [0.15, 0.2) is 18.5 Å². The molecule has 0 aliphatic heterocycles. The molecule has 0 bridgehead atoms. The first-order valence-corrected chi connectivity index (χ1v) is 7.26. The second kappa shape index (κ2) is 8.89. The van der Waals surface area contributed by atoms with Gasteiger partial charge < -0.3 is 19.5 Å². The van der Waals surface area contributed by atoms with E-state index >= 15 is 0 Å². The molecule has 5 heteroatoms. The molecule has 112 valence electrons. The summed E-state index contributed by atoms with van der Waals surface area (Å²) in [5.74, 6) is 0.921. The minimum absolute atomic E-state index is 0.641. The quantitative estimate of drug-likeness (QED) is 0.626. The van der Waals surface area contributed by atoms with Crippen LogP contribution in [0.3, 0.4) is 0 Å². The zero-order chi connectivity index (χ0) is 14.0. The maximum Gasteiger partial charge on any atom is 0.126 e. The molecular formula is C15H24N2O3. The predicted molar refractivity (Wildman–Crippen MR) is 76.9 cm³/mol. The smallest absolute Gasteiger partial charge is 0.126 e. The van der Waals surface area contributed by atoms with Gasteiger partial charge in [0.1, 0.15) is 5.75 Å². The van der Waals surface area contributed by atoms with Crippen molar-refractivity contribution >= 4 is 0 Å². The number of nitrogens with zero attached hydrogens (tertiary/aromatic N) is 1. The van der Waals surface area contributed by atoms with E-state index in [2.05, 4.69) is 10.3 Å². The van der Waals surface area contributed by atoms with Gasteiger partial charge in [-0.1, -0.05) is 0 Å². The first-order chi connectivity index (χ1) is 9.90. The van der Waals surface area contributed by atoms with Gasteiger partial charge in [0, 0.05) is 50.7 Å². The lowest BCUT2D eigenvalue weighted by Gasteiger charge is -2.11. The van der Waals surface area contributed by atoms with Crippen molar-refractivity contribution in [2.75, 3.05) is 33.5 Å². The summed E-state index contributed by atoms with van der Waals surface area (Å²) < 4.78 is 16.1. The third-order valence-electron chi connectivity index (χ3n) is 3.14. The van der Waals surface area contributed by atoms with Crippen molar-refractivity contribution in [1.82, 2.24) is 10.3 Å². The summed E-state index contributed by atoms with van der Waals surface area (Å²) in [6.45, 7) is 3.47. The van der Waals surface area contributed by atoms with Crippen LogP contribution in [0.2, 0.25) is 0 Å². The first kappa shape index (κ1) is 15.2. The first-order valence-electron chi connectivity index (χ1n) is 7.26. The van der Waals surface area contributed by atoms with Crippen molar-refractivity contribution in [3.8, 4) is 5.75 Å². The van der Waals surface area contributed by atoms with Crippen LogP contribution in [-0.4, -0.2) is 44.6 Å². The minimum Gasteiger partial charge on any atom is -0.493 e. The Morgan fingerprint density at radius 2 is 2.15 bits per heavy atom. The van der Waals surface area contributed by atoms with Crippen molar-refractivity contribution < 1.29 is 14.2 Å². The standard InChI is InChI=1S/C15H24N2O3/c1-18-9-10-19-7-2-8-20-15-5-6-16-11-13(15)12-17-14-3-4-14/h5-6,11,14,17H,2-4,7-10,12H2,1H3. The monoisotopic (exact) mass is 280 g/mol. The number of methoxy groups -OCH3 is 1. The Morgan fingerprint density at radius 1 is 1.25 bits per heavy atom. The van der Waals surface area contributed by atoms with Crippen molar-refractivity contribution in [2.45, 2.75) is 31.8 Å². The summed E-state index contributed by atoms with van der Waals surface area (Å²) in [6.07, 6.45) is 7.09. The second-order valence-corrected chi connectivity index (χ2v) is 4.95. The average molecular weight is 280 g/mol. The molecule has 0 radical (unpaired) electrons. The van der Waals surface area contributed by atoms with Crippen molar-refractivity contribution in [3.63, 3.8) is 0 Å². The summed E-state index contributed by atoms with van der Waals surface area (Å²) in [6, 6.07) is 2.62. The Morgan fingerprint density at radius 3 is 2.95 bits per heavy atom. The molecule has 20 heavy (non-hydrogen) atoms. The Hall–Kier alpha value is -1.17. The lowest BCUT2D eigenvalue weighted by Crippen LogP contribution is -2.16. The highest BCUT2D eigenvalue weighted by Gasteiger charge is 2.20. The number of ether oxygens (including phenoxy) is 3. The van der Waals surface area contributed by atoms with Crippen molar-refractivity contribution in [1.29, 1.82) is 0 Å². The highest BCUT2D eigenvalue weighted by molar-refractivity contribution is 5.30. The van der Waals surface area contributed by atoms with E-state index in [9.17, 15) is 0 Å². The van der Waals surface area contributed by atoms with Crippen LogP contribution in [-0.2, 0) is 16.0 Å². The molecule has 0 aromatic carbocycles. The molecule has 1 aromatic heterocycles. The van der Waals surface area contributed by atoms with E-state index in [4.69, 9.17) is 14.2 Å². The average Bonchev–Trinajstić information content (AvgIpc) is 3.29. The SMILES string of the molecule is COCCOCCCOc1ccncc1CNC1CC1. The van der Waals surface area contributed by atoms with E-state index in [1.165, 1.54) is 12.8 Å². The molecule has 1 aliphatic carbocycles. The predicted octanol–water partition coefficient (Wildman–Crippen LogP) is 1.77. The van der Waals surface area contributed by atoms with E-state index in [0.717, 1.165) is 24.3 Å². The van der Waals surface area contributed by atoms with Gasteiger partial charge in [0.05, 0.1) is 19.8 Å². The molecular weight excluding hydrogens is 256 g/mol. The summed E-state index contributed by atoms with van der Waals surface area (Å²) in [4.78, 5) is 4.16. The van der Waals surface area contributed by atoms with Gasteiger partial charge in [-0.3, -0.25) is 4.98 Å². The molecule has 2 rings (SSSR count). The normalized spacial score (nSPS) is 14.4. The fourth-order valence-corrected chi connectivity index (χ4v) is 1.82. The topological polar surface area (TPSA) is 52.6 Å². The highest BCUT2D eigenvalue weighted by atomic mass is 16.5. The van der Waals surface area contributed by atoms with Crippen LogP contribution in [0.1, 0.15) is 24.8 Å². The van der Waals surface area contributed by atoms with Crippen molar-refractivity contribution in [3.05, 3.63) is 24.0 Å². The molecule has 0 unspecified atom stereocenters. The van der Waals surface area contributed by atoms with E-state index in [-0.39, 0.29) is 0 Å². The van der Waals surface area contributed by atoms with Crippen LogP contribution in [0.4, 0.5) is 0 Å². The number of pyridine rings is 1. The third kappa shape index (κ3) is 5.86. The zero-order valence-corrected chi connectivity index (χ0v) is 12.1. The fourth-order valence-electron chi connectivity index (χ4n) is 1.82.